The Morgan fingerprint density at radius 1 is 0.867 bits per heavy atom. The molecule has 0 saturated heterocycles. The Bertz CT molecular complexity index is 239. The maximum atomic E-state index is 2.32. The normalized spacial score (nSPS) is 15.7. The van der Waals surface area contributed by atoms with Crippen molar-refractivity contribution in [1.82, 2.24) is 0 Å². The topological polar surface area (TPSA) is 0 Å². The Morgan fingerprint density at radius 3 is 1.27 bits per heavy atom. The van der Waals surface area contributed by atoms with Crippen LogP contribution in [0.1, 0.15) is 26.7 Å². The van der Waals surface area contributed by atoms with Crippen molar-refractivity contribution in [1.29, 1.82) is 0 Å². The van der Waals surface area contributed by atoms with Gasteiger partial charge in [0.2, 0.25) is 0 Å². The summed E-state index contributed by atoms with van der Waals surface area (Å²) < 4.78 is 4.64. The monoisotopic (exact) mass is 370 g/mol. The Balaban J connectivity index is 0.000000210. The molecule has 82 valence electrons. The third kappa shape index (κ3) is 10.1. The molecule has 0 atom stereocenters. The molecule has 0 aromatic carbocycles. The van der Waals surface area contributed by atoms with Gasteiger partial charge in [-0.25, -0.2) is 0 Å². The van der Waals surface area contributed by atoms with Crippen LogP contribution in [0.3, 0.4) is 0 Å². The van der Waals surface area contributed by atoms with E-state index in [9.17, 15) is 0 Å². The molecule has 0 saturated carbocycles. The summed E-state index contributed by atoms with van der Waals surface area (Å²) in [6.07, 6.45) is 15.1. The molecule has 0 radical (unpaired) electrons. The first-order chi connectivity index (χ1) is 7.20. The summed E-state index contributed by atoms with van der Waals surface area (Å²) in [6, 6.07) is 0. The fraction of sp³-hybridized carbons (Fsp3) is 0.429. The molecule has 2 aliphatic carbocycles. The van der Waals surface area contributed by atoms with Crippen LogP contribution in [-0.2, 0) is 22.9 Å². The van der Waals surface area contributed by atoms with Gasteiger partial charge in [0.05, 0.1) is 0 Å². The third-order valence-corrected chi connectivity index (χ3v) is 1.91. The van der Waals surface area contributed by atoms with E-state index in [2.05, 4.69) is 59.7 Å². The first-order valence-corrected chi connectivity index (χ1v) is 12.6. The molecule has 0 nitrogen and oxygen atoms in total. The SMILES string of the molecule is CC1=CC=CC1.CC1=CC=CC1.[CH3][Hf][CH3]. The molecule has 0 amide bonds. The minimum atomic E-state index is 0.0833. The molecular formula is C14H22Hf. The van der Waals surface area contributed by atoms with E-state index in [1.54, 1.807) is 0 Å². The second kappa shape index (κ2) is 10.4. The zero-order chi connectivity index (χ0) is 11.5. The fourth-order valence-electron chi connectivity index (χ4n) is 1.11. The summed E-state index contributed by atoms with van der Waals surface area (Å²) in [5, 5.41) is 0. The van der Waals surface area contributed by atoms with Crippen LogP contribution >= 0.6 is 0 Å². The quantitative estimate of drug-likeness (QED) is 0.531. The zero-order valence-corrected chi connectivity index (χ0v) is 14.0. The van der Waals surface area contributed by atoms with Crippen molar-refractivity contribution >= 4 is 0 Å². The molecule has 1 heteroatoms. The summed E-state index contributed by atoms with van der Waals surface area (Å²) in [6.45, 7) is 4.28. The minimum absolute atomic E-state index is 0.0833. The first-order valence-electron chi connectivity index (χ1n) is 5.43. The summed E-state index contributed by atoms with van der Waals surface area (Å²) in [4.78, 5) is 0. The van der Waals surface area contributed by atoms with Crippen molar-refractivity contribution in [3.63, 3.8) is 0 Å². The molecule has 0 heterocycles. The Labute approximate surface area is 106 Å². The second-order valence-corrected chi connectivity index (χ2v) is 7.38. The number of rotatable bonds is 0. The van der Waals surface area contributed by atoms with Gasteiger partial charge in [-0.1, -0.05) is 47.6 Å². The van der Waals surface area contributed by atoms with Crippen molar-refractivity contribution in [2.45, 2.75) is 36.0 Å². The van der Waals surface area contributed by atoms with Crippen LogP contribution in [0.5, 0.6) is 0 Å². The zero-order valence-electron chi connectivity index (χ0n) is 10.4. The molecule has 2 rings (SSSR count). The van der Waals surface area contributed by atoms with Gasteiger partial charge >= 0.3 is 32.3 Å². The molecule has 0 bridgehead atoms. The predicted octanol–water partition coefficient (Wildman–Crippen LogP) is 4.95. The van der Waals surface area contributed by atoms with Crippen LogP contribution in [0.2, 0.25) is 9.36 Å². The Morgan fingerprint density at radius 2 is 1.20 bits per heavy atom. The van der Waals surface area contributed by atoms with E-state index < -0.39 is 0 Å². The van der Waals surface area contributed by atoms with Crippen LogP contribution < -0.4 is 0 Å². The van der Waals surface area contributed by atoms with E-state index in [0.717, 1.165) is 0 Å². The molecule has 0 N–H and O–H groups in total. The molecule has 0 spiro atoms. The van der Waals surface area contributed by atoms with Gasteiger partial charge in [-0.05, 0) is 26.7 Å². The number of allylic oxidation sites excluding steroid dienone is 8. The molecule has 0 aromatic heterocycles. The van der Waals surface area contributed by atoms with Crippen LogP contribution in [0.15, 0.2) is 47.6 Å². The second-order valence-electron chi connectivity index (χ2n) is 3.79. The van der Waals surface area contributed by atoms with E-state index >= 15 is 0 Å². The van der Waals surface area contributed by atoms with Gasteiger partial charge in [-0.3, -0.25) is 0 Å². The molecule has 2 aliphatic rings. The summed E-state index contributed by atoms with van der Waals surface area (Å²) in [7, 11) is 0. The van der Waals surface area contributed by atoms with Gasteiger partial charge in [0.15, 0.2) is 0 Å². The average Bonchev–Trinajstić information content (AvgIpc) is 2.81. The van der Waals surface area contributed by atoms with Crippen LogP contribution in [0.25, 0.3) is 0 Å². The number of hydrogen-bond donors (Lipinski definition) is 0. The fourth-order valence-corrected chi connectivity index (χ4v) is 1.11. The third-order valence-electron chi connectivity index (χ3n) is 1.91. The molecule has 15 heavy (non-hydrogen) atoms. The summed E-state index contributed by atoms with van der Waals surface area (Å²) >= 11 is 0.0833. The van der Waals surface area contributed by atoms with Gasteiger partial charge in [-0.15, -0.1) is 0 Å². The van der Waals surface area contributed by atoms with E-state index in [1.165, 1.54) is 24.0 Å². The Kier molecular flexibility index (Phi) is 10.2. The van der Waals surface area contributed by atoms with Gasteiger partial charge < -0.3 is 0 Å². The molecule has 0 aromatic rings. The standard InChI is InChI=1S/2C6H8.2CH3.Hf/c2*1-6-4-2-3-5-6;;;/h2*2-4H,5H2,1H3;2*1H3;. The molecule has 0 aliphatic heterocycles. The van der Waals surface area contributed by atoms with Crippen molar-refractivity contribution in [2.75, 3.05) is 0 Å². The van der Waals surface area contributed by atoms with Crippen molar-refractivity contribution in [3.8, 4) is 0 Å². The van der Waals surface area contributed by atoms with Gasteiger partial charge in [0.25, 0.3) is 0 Å². The van der Waals surface area contributed by atoms with Crippen LogP contribution in [-0.4, -0.2) is 0 Å². The van der Waals surface area contributed by atoms with E-state index in [1.807, 2.05) is 0 Å². The average molecular weight is 369 g/mol. The molecule has 0 unspecified atom stereocenters. The summed E-state index contributed by atoms with van der Waals surface area (Å²) in [5.41, 5.74) is 2.94. The maximum absolute atomic E-state index is 2.32. The van der Waals surface area contributed by atoms with Crippen molar-refractivity contribution < 1.29 is 22.9 Å². The molecular weight excluding hydrogens is 347 g/mol. The molecule has 0 fully saturated rings. The Hall–Kier alpha value is -0.170. The van der Waals surface area contributed by atoms with Gasteiger partial charge in [-0.2, -0.15) is 0 Å². The van der Waals surface area contributed by atoms with Crippen LogP contribution in [0, 0.1) is 0 Å². The van der Waals surface area contributed by atoms with Crippen LogP contribution in [0.4, 0.5) is 0 Å². The van der Waals surface area contributed by atoms with Gasteiger partial charge in [0, 0.05) is 0 Å². The number of hydrogen-bond acceptors (Lipinski definition) is 0. The van der Waals surface area contributed by atoms with Gasteiger partial charge in [0.1, 0.15) is 0 Å². The predicted molar refractivity (Wildman–Crippen MR) is 66.8 cm³/mol. The first kappa shape index (κ1) is 14.8. The summed E-state index contributed by atoms with van der Waals surface area (Å²) in [5.74, 6) is 0. The van der Waals surface area contributed by atoms with E-state index in [-0.39, 0.29) is 22.9 Å². The van der Waals surface area contributed by atoms with E-state index in [0.29, 0.717) is 0 Å². The van der Waals surface area contributed by atoms with E-state index in [4.69, 9.17) is 0 Å². The van der Waals surface area contributed by atoms with Crippen molar-refractivity contribution in [2.24, 2.45) is 0 Å². The van der Waals surface area contributed by atoms with Crippen molar-refractivity contribution in [3.05, 3.63) is 47.6 Å².